The molecule has 0 unspecified atom stereocenters. The van der Waals surface area contributed by atoms with Crippen LogP contribution < -0.4 is 10.1 Å². The summed E-state index contributed by atoms with van der Waals surface area (Å²) < 4.78 is 18.8. The van der Waals surface area contributed by atoms with E-state index in [0.29, 0.717) is 18.9 Å². The van der Waals surface area contributed by atoms with Gasteiger partial charge in [-0.05, 0) is 19.0 Å². The minimum atomic E-state index is -0.279. The van der Waals surface area contributed by atoms with E-state index in [0.717, 1.165) is 18.5 Å². The van der Waals surface area contributed by atoms with Crippen LogP contribution in [-0.4, -0.2) is 13.2 Å². The summed E-state index contributed by atoms with van der Waals surface area (Å²) in [5.41, 5.74) is 0.880. The average molecular weight is 211 g/mol. The fourth-order valence-electron chi connectivity index (χ4n) is 1.32. The van der Waals surface area contributed by atoms with Crippen molar-refractivity contribution in [2.45, 2.75) is 26.8 Å². The first-order valence-corrected chi connectivity index (χ1v) is 5.40. The number of ether oxygens (including phenoxy) is 1. The summed E-state index contributed by atoms with van der Waals surface area (Å²) in [5.74, 6) is 0.110. The van der Waals surface area contributed by atoms with E-state index >= 15 is 0 Å². The molecule has 0 radical (unpaired) electrons. The molecule has 0 aliphatic rings. The lowest BCUT2D eigenvalue weighted by Gasteiger charge is -2.11. The highest BCUT2D eigenvalue weighted by Gasteiger charge is 2.08. The fraction of sp³-hybridized carbons (Fsp3) is 0.500. The highest BCUT2D eigenvalue weighted by molar-refractivity contribution is 5.34. The molecule has 0 fully saturated rings. The zero-order chi connectivity index (χ0) is 11.1. The van der Waals surface area contributed by atoms with Gasteiger partial charge in [-0.15, -0.1) is 0 Å². The third-order valence-corrected chi connectivity index (χ3v) is 2.06. The van der Waals surface area contributed by atoms with Gasteiger partial charge in [-0.2, -0.15) is 0 Å². The van der Waals surface area contributed by atoms with Gasteiger partial charge in [-0.25, -0.2) is 4.39 Å². The second-order valence-electron chi connectivity index (χ2n) is 3.36. The number of benzene rings is 1. The lowest BCUT2D eigenvalue weighted by atomic mass is 10.2. The van der Waals surface area contributed by atoms with Gasteiger partial charge in [0.15, 0.2) is 11.6 Å². The van der Waals surface area contributed by atoms with Crippen molar-refractivity contribution in [3.63, 3.8) is 0 Å². The first-order valence-electron chi connectivity index (χ1n) is 5.40. The second kappa shape index (κ2) is 6.40. The molecule has 1 aromatic carbocycles. The van der Waals surface area contributed by atoms with E-state index in [-0.39, 0.29) is 5.82 Å². The standard InChI is InChI=1S/C12H18FNO/c1-3-8-15-12-10(9-14-4-2)6-5-7-11(12)13/h5-7,14H,3-4,8-9H2,1-2H3. The first-order chi connectivity index (χ1) is 7.29. The van der Waals surface area contributed by atoms with Crippen LogP contribution in [0.15, 0.2) is 18.2 Å². The van der Waals surface area contributed by atoms with Crippen LogP contribution in [0, 0.1) is 5.82 Å². The van der Waals surface area contributed by atoms with Crippen molar-refractivity contribution in [3.8, 4) is 5.75 Å². The lowest BCUT2D eigenvalue weighted by molar-refractivity contribution is 0.297. The molecular formula is C12H18FNO. The summed E-state index contributed by atoms with van der Waals surface area (Å²) in [4.78, 5) is 0. The molecule has 0 aliphatic heterocycles. The Kier molecular flexibility index (Phi) is 5.12. The van der Waals surface area contributed by atoms with Crippen LogP contribution in [-0.2, 0) is 6.54 Å². The second-order valence-corrected chi connectivity index (χ2v) is 3.36. The Labute approximate surface area is 90.4 Å². The minimum absolute atomic E-state index is 0.279. The minimum Gasteiger partial charge on any atom is -0.490 e. The molecule has 0 saturated carbocycles. The fourth-order valence-corrected chi connectivity index (χ4v) is 1.32. The highest BCUT2D eigenvalue weighted by atomic mass is 19.1. The van der Waals surface area contributed by atoms with E-state index in [4.69, 9.17) is 4.74 Å². The molecule has 1 N–H and O–H groups in total. The number of halogens is 1. The third kappa shape index (κ3) is 3.51. The summed E-state index contributed by atoms with van der Waals surface area (Å²) in [6, 6.07) is 5.03. The van der Waals surface area contributed by atoms with Gasteiger partial charge in [-0.1, -0.05) is 26.0 Å². The zero-order valence-electron chi connectivity index (χ0n) is 9.35. The van der Waals surface area contributed by atoms with Crippen molar-refractivity contribution in [1.29, 1.82) is 0 Å². The molecule has 1 aromatic rings. The zero-order valence-corrected chi connectivity index (χ0v) is 9.35. The van der Waals surface area contributed by atoms with Crippen molar-refractivity contribution >= 4 is 0 Å². The van der Waals surface area contributed by atoms with E-state index < -0.39 is 0 Å². The maximum absolute atomic E-state index is 13.4. The summed E-state index contributed by atoms with van der Waals surface area (Å²) in [7, 11) is 0. The number of para-hydroxylation sites is 1. The smallest absolute Gasteiger partial charge is 0.165 e. The maximum Gasteiger partial charge on any atom is 0.165 e. The van der Waals surface area contributed by atoms with Gasteiger partial charge in [0.05, 0.1) is 6.61 Å². The summed E-state index contributed by atoms with van der Waals surface area (Å²) >= 11 is 0. The number of hydrogen-bond acceptors (Lipinski definition) is 2. The van der Waals surface area contributed by atoms with Crippen LogP contribution in [0.3, 0.4) is 0 Å². The first kappa shape index (κ1) is 12.0. The Morgan fingerprint density at radius 2 is 2.13 bits per heavy atom. The largest absolute Gasteiger partial charge is 0.490 e. The van der Waals surface area contributed by atoms with Gasteiger partial charge in [0.1, 0.15) is 0 Å². The topological polar surface area (TPSA) is 21.3 Å². The van der Waals surface area contributed by atoms with Crippen LogP contribution in [0.25, 0.3) is 0 Å². The van der Waals surface area contributed by atoms with Gasteiger partial charge in [0, 0.05) is 12.1 Å². The SMILES string of the molecule is CCCOc1c(F)cccc1CNCC. The molecule has 0 atom stereocenters. The Balaban J connectivity index is 2.77. The molecule has 0 spiro atoms. The van der Waals surface area contributed by atoms with E-state index in [1.165, 1.54) is 6.07 Å². The van der Waals surface area contributed by atoms with Crippen molar-refractivity contribution in [2.75, 3.05) is 13.2 Å². The van der Waals surface area contributed by atoms with Crippen LogP contribution >= 0.6 is 0 Å². The van der Waals surface area contributed by atoms with E-state index in [1.54, 1.807) is 6.07 Å². The number of nitrogens with one attached hydrogen (secondary N) is 1. The Bertz CT molecular complexity index is 302. The van der Waals surface area contributed by atoms with Crippen molar-refractivity contribution < 1.29 is 9.13 Å². The molecule has 2 nitrogen and oxygen atoms in total. The van der Waals surface area contributed by atoms with Crippen molar-refractivity contribution in [1.82, 2.24) is 5.32 Å². The molecule has 1 rings (SSSR count). The van der Waals surface area contributed by atoms with Crippen LogP contribution in [0.1, 0.15) is 25.8 Å². The van der Waals surface area contributed by atoms with Crippen molar-refractivity contribution in [3.05, 3.63) is 29.6 Å². The van der Waals surface area contributed by atoms with E-state index in [9.17, 15) is 4.39 Å². The molecule has 0 aliphatic carbocycles. The molecule has 3 heteroatoms. The molecule has 0 amide bonds. The molecule has 0 heterocycles. The molecular weight excluding hydrogens is 193 g/mol. The quantitative estimate of drug-likeness (QED) is 0.781. The van der Waals surface area contributed by atoms with E-state index in [1.807, 2.05) is 19.9 Å². The normalized spacial score (nSPS) is 10.3. The number of hydrogen-bond donors (Lipinski definition) is 1. The van der Waals surface area contributed by atoms with Crippen LogP contribution in [0.2, 0.25) is 0 Å². The van der Waals surface area contributed by atoms with Crippen LogP contribution in [0.4, 0.5) is 4.39 Å². The van der Waals surface area contributed by atoms with E-state index in [2.05, 4.69) is 5.32 Å². The van der Waals surface area contributed by atoms with Gasteiger partial charge in [0.2, 0.25) is 0 Å². The molecule has 15 heavy (non-hydrogen) atoms. The predicted molar refractivity (Wildman–Crippen MR) is 59.6 cm³/mol. The van der Waals surface area contributed by atoms with Gasteiger partial charge in [0.25, 0.3) is 0 Å². The van der Waals surface area contributed by atoms with Gasteiger partial charge in [-0.3, -0.25) is 0 Å². The molecule has 0 saturated heterocycles. The summed E-state index contributed by atoms with van der Waals surface area (Å²) in [6.45, 7) is 6.09. The highest BCUT2D eigenvalue weighted by Crippen LogP contribution is 2.22. The average Bonchev–Trinajstić information content (AvgIpc) is 2.25. The Hall–Kier alpha value is -1.09. The molecule has 84 valence electrons. The predicted octanol–water partition coefficient (Wildman–Crippen LogP) is 2.72. The molecule has 0 bridgehead atoms. The number of rotatable bonds is 6. The third-order valence-electron chi connectivity index (χ3n) is 2.06. The lowest BCUT2D eigenvalue weighted by Crippen LogP contribution is -2.13. The monoisotopic (exact) mass is 211 g/mol. The van der Waals surface area contributed by atoms with Crippen molar-refractivity contribution in [2.24, 2.45) is 0 Å². The Morgan fingerprint density at radius 1 is 1.33 bits per heavy atom. The van der Waals surface area contributed by atoms with Gasteiger partial charge < -0.3 is 10.1 Å². The van der Waals surface area contributed by atoms with Gasteiger partial charge >= 0.3 is 0 Å². The molecule has 0 aromatic heterocycles. The Morgan fingerprint density at radius 3 is 2.80 bits per heavy atom. The summed E-state index contributed by atoms with van der Waals surface area (Å²) in [6.07, 6.45) is 0.884. The summed E-state index contributed by atoms with van der Waals surface area (Å²) in [5, 5.41) is 3.16. The van der Waals surface area contributed by atoms with Crippen LogP contribution in [0.5, 0.6) is 5.75 Å². The maximum atomic E-state index is 13.4.